The Kier molecular flexibility index (Phi) is 4.59. The second kappa shape index (κ2) is 6.31. The molecule has 1 fully saturated rings. The predicted molar refractivity (Wildman–Crippen MR) is 89.6 cm³/mol. The van der Waals surface area contributed by atoms with Crippen LogP contribution >= 0.6 is 27.7 Å². The second-order valence-corrected chi connectivity index (χ2v) is 8.84. The summed E-state index contributed by atoms with van der Waals surface area (Å²) in [5.41, 5.74) is 0.941. The molecule has 1 heterocycles. The molecule has 116 valence electrons. The number of hydrogen-bond donors (Lipinski definition) is 0. The Hall–Kier alpha value is -0.890. The first-order valence-corrected chi connectivity index (χ1v) is 9.91. The van der Waals surface area contributed by atoms with Gasteiger partial charge in [0.25, 0.3) is 0 Å². The summed E-state index contributed by atoms with van der Waals surface area (Å²) in [7, 11) is -3.63. The number of rotatable bonds is 3. The third-order valence-electron chi connectivity index (χ3n) is 3.42. The molecule has 0 aromatic heterocycles. The van der Waals surface area contributed by atoms with Crippen molar-refractivity contribution < 1.29 is 12.8 Å². The van der Waals surface area contributed by atoms with Crippen LogP contribution in [0.3, 0.4) is 0 Å². The predicted octanol–water partition coefficient (Wildman–Crippen LogP) is 4.02. The van der Waals surface area contributed by atoms with Crippen molar-refractivity contribution in [2.75, 3.05) is 12.3 Å². The Labute approximate surface area is 141 Å². The second-order valence-electron chi connectivity index (χ2n) is 4.84. The number of thioether (sulfide) groups is 1. The van der Waals surface area contributed by atoms with Gasteiger partial charge in [0.15, 0.2) is 0 Å². The Morgan fingerprint density at radius 3 is 2.36 bits per heavy atom. The van der Waals surface area contributed by atoms with Crippen LogP contribution < -0.4 is 0 Å². The van der Waals surface area contributed by atoms with Crippen LogP contribution in [0.15, 0.2) is 57.9 Å². The summed E-state index contributed by atoms with van der Waals surface area (Å²) in [6, 6.07) is 12.6. The Bertz CT molecular complexity index is 763. The van der Waals surface area contributed by atoms with E-state index in [0.29, 0.717) is 6.54 Å². The molecule has 0 amide bonds. The Morgan fingerprint density at radius 2 is 1.73 bits per heavy atom. The quantitative estimate of drug-likeness (QED) is 0.778. The van der Waals surface area contributed by atoms with Crippen LogP contribution in [-0.2, 0) is 10.0 Å². The average molecular weight is 402 g/mol. The van der Waals surface area contributed by atoms with Gasteiger partial charge in [-0.05, 0) is 42.0 Å². The number of nitrogens with zero attached hydrogens (tertiary/aromatic N) is 1. The lowest BCUT2D eigenvalue weighted by Gasteiger charge is -2.23. The van der Waals surface area contributed by atoms with Crippen molar-refractivity contribution in [3.05, 3.63) is 64.4 Å². The van der Waals surface area contributed by atoms with E-state index >= 15 is 0 Å². The molecule has 1 saturated heterocycles. The fraction of sp³-hybridized carbons (Fsp3) is 0.200. The highest BCUT2D eigenvalue weighted by Crippen LogP contribution is 2.41. The van der Waals surface area contributed by atoms with Gasteiger partial charge in [0.1, 0.15) is 5.82 Å². The zero-order valence-electron chi connectivity index (χ0n) is 11.4. The zero-order valence-corrected chi connectivity index (χ0v) is 14.7. The number of hydrogen-bond acceptors (Lipinski definition) is 3. The highest BCUT2D eigenvalue weighted by atomic mass is 79.9. The first-order chi connectivity index (χ1) is 10.5. The molecular weight excluding hydrogens is 389 g/mol. The molecule has 22 heavy (non-hydrogen) atoms. The first kappa shape index (κ1) is 16.0. The van der Waals surface area contributed by atoms with Gasteiger partial charge in [-0.2, -0.15) is 4.31 Å². The molecule has 1 aliphatic heterocycles. The van der Waals surface area contributed by atoms with Gasteiger partial charge in [0.05, 0.1) is 10.3 Å². The topological polar surface area (TPSA) is 37.4 Å². The molecule has 0 radical (unpaired) electrons. The van der Waals surface area contributed by atoms with Crippen molar-refractivity contribution in [1.82, 2.24) is 4.31 Å². The van der Waals surface area contributed by atoms with E-state index in [0.717, 1.165) is 15.8 Å². The lowest BCUT2D eigenvalue weighted by Crippen LogP contribution is -2.30. The summed E-state index contributed by atoms with van der Waals surface area (Å²) in [4.78, 5) is 0.124. The summed E-state index contributed by atoms with van der Waals surface area (Å²) in [6.45, 7) is 0.450. The molecule has 0 bridgehead atoms. The SMILES string of the molecule is O=S(=O)(c1ccc(F)cc1)N1CCS[C@H]1c1ccc(Br)cc1. The molecule has 0 aliphatic carbocycles. The summed E-state index contributed by atoms with van der Waals surface area (Å²) in [5, 5.41) is -0.247. The minimum absolute atomic E-state index is 0.124. The van der Waals surface area contributed by atoms with Crippen molar-refractivity contribution in [2.24, 2.45) is 0 Å². The van der Waals surface area contributed by atoms with Crippen LogP contribution in [0.1, 0.15) is 10.9 Å². The van der Waals surface area contributed by atoms with E-state index in [2.05, 4.69) is 15.9 Å². The molecule has 7 heteroatoms. The minimum atomic E-state index is -3.63. The van der Waals surface area contributed by atoms with Crippen LogP contribution in [0, 0.1) is 5.82 Å². The van der Waals surface area contributed by atoms with E-state index in [1.165, 1.54) is 28.6 Å². The van der Waals surface area contributed by atoms with E-state index < -0.39 is 15.8 Å². The van der Waals surface area contributed by atoms with Gasteiger partial charge in [-0.15, -0.1) is 11.8 Å². The smallest absolute Gasteiger partial charge is 0.207 e. The normalized spacial score (nSPS) is 19.5. The van der Waals surface area contributed by atoms with E-state index in [1.54, 1.807) is 11.8 Å². The maximum Gasteiger partial charge on any atom is 0.244 e. The highest BCUT2D eigenvalue weighted by molar-refractivity contribution is 9.10. The monoisotopic (exact) mass is 401 g/mol. The Balaban J connectivity index is 1.95. The molecule has 1 atom stereocenters. The summed E-state index contributed by atoms with van der Waals surface area (Å²) >= 11 is 4.97. The van der Waals surface area contributed by atoms with Gasteiger partial charge in [-0.1, -0.05) is 28.1 Å². The van der Waals surface area contributed by atoms with Crippen molar-refractivity contribution in [2.45, 2.75) is 10.3 Å². The average Bonchev–Trinajstić information content (AvgIpc) is 2.99. The number of halogens is 2. The minimum Gasteiger partial charge on any atom is -0.207 e. The van der Waals surface area contributed by atoms with Crippen molar-refractivity contribution in [1.29, 1.82) is 0 Å². The maximum absolute atomic E-state index is 13.0. The van der Waals surface area contributed by atoms with Gasteiger partial charge >= 0.3 is 0 Å². The summed E-state index contributed by atoms with van der Waals surface area (Å²) in [6.07, 6.45) is 0. The van der Waals surface area contributed by atoms with Crippen LogP contribution in [0.2, 0.25) is 0 Å². The van der Waals surface area contributed by atoms with E-state index in [-0.39, 0.29) is 10.3 Å². The number of sulfonamides is 1. The van der Waals surface area contributed by atoms with Gasteiger partial charge in [0, 0.05) is 16.8 Å². The Morgan fingerprint density at radius 1 is 1.09 bits per heavy atom. The molecule has 1 aliphatic rings. The van der Waals surface area contributed by atoms with Crippen molar-refractivity contribution >= 4 is 37.7 Å². The molecular formula is C15H13BrFNO2S2. The van der Waals surface area contributed by atoms with Gasteiger partial charge in [-0.25, -0.2) is 12.8 Å². The molecule has 0 unspecified atom stereocenters. The molecule has 2 aromatic rings. The third kappa shape index (κ3) is 3.08. The van der Waals surface area contributed by atoms with Gasteiger partial charge in [-0.3, -0.25) is 0 Å². The molecule has 0 saturated carbocycles. The number of benzene rings is 2. The lowest BCUT2D eigenvalue weighted by atomic mass is 10.2. The molecule has 0 N–H and O–H groups in total. The molecule has 0 spiro atoms. The molecule has 2 aromatic carbocycles. The lowest BCUT2D eigenvalue weighted by molar-refractivity contribution is 0.434. The van der Waals surface area contributed by atoms with Crippen molar-refractivity contribution in [3.63, 3.8) is 0 Å². The van der Waals surface area contributed by atoms with E-state index in [9.17, 15) is 12.8 Å². The van der Waals surface area contributed by atoms with Crippen LogP contribution in [0.5, 0.6) is 0 Å². The van der Waals surface area contributed by atoms with E-state index in [1.807, 2.05) is 24.3 Å². The fourth-order valence-corrected chi connectivity index (χ4v) is 5.84. The van der Waals surface area contributed by atoms with Crippen LogP contribution in [-0.4, -0.2) is 25.0 Å². The molecule has 3 nitrogen and oxygen atoms in total. The van der Waals surface area contributed by atoms with Crippen LogP contribution in [0.25, 0.3) is 0 Å². The third-order valence-corrected chi connectivity index (χ3v) is 7.23. The van der Waals surface area contributed by atoms with Crippen LogP contribution in [0.4, 0.5) is 4.39 Å². The largest absolute Gasteiger partial charge is 0.244 e. The molecule has 3 rings (SSSR count). The van der Waals surface area contributed by atoms with E-state index in [4.69, 9.17) is 0 Å². The standard InChI is InChI=1S/C15H13BrFNO2S2/c16-12-3-1-11(2-4-12)15-18(9-10-21-15)22(19,20)14-7-5-13(17)6-8-14/h1-8,15H,9-10H2/t15-/m0/s1. The summed E-state index contributed by atoms with van der Waals surface area (Å²) in [5.74, 6) is 0.292. The maximum atomic E-state index is 13.0. The fourth-order valence-electron chi connectivity index (χ4n) is 2.33. The van der Waals surface area contributed by atoms with Gasteiger partial charge in [0.2, 0.25) is 10.0 Å². The zero-order chi connectivity index (χ0) is 15.7. The summed E-state index contributed by atoms with van der Waals surface area (Å²) < 4.78 is 41.0. The van der Waals surface area contributed by atoms with Crippen molar-refractivity contribution in [3.8, 4) is 0 Å². The highest BCUT2D eigenvalue weighted by Gasteiger charge is 2.36. The first-order valence-electron chi connectivity index (χ1n) is 6.63. The van der Waals surface area contributed by atoms with Gasteiger partial charge < -0.3 is 0 Å².